The van der Waals surface area contributed by atoms with Crippen LogP contribution < -0.4 is 31.1 Å². The summed E-state index contributed by atoms with van der Waals surface area (Å²) in [4.78, 5) is 7.89. The van der Waals surface area contributed by atoms with E-state index in [2.05, 4.69) is 198 Å². The van der Waals surface area contributed by atoms with Crippen LogP contribution in [0.2, 0.25) is 0 Å². The summed E-state index contributed by atoms with van der Waals surface area (Å²) in [7, 11) is 0. The van der Waals surface area contributed by atoms with Crippen LogP contribution in [0.4, 0.5) is 45.5 Å². The standard InChI is InChI=1S/C57H58BN3/c1-35-14-20-43(21-15-35)59(44-22-16-36(2)17-23-44)45-29-52-54-53(30-45)61(50-25-18-37(3)26-39(50)5)55-46-34-57(8,9)31-40(46)19-24-47(55)58(54)48-27-41-32-56(6,7)33-42(41)28-51(48)60(52)49-13-11-10-12-38(49)4/h10-25,27-30,37H,26,31-34H2,1-9H3. The van der Waals surface area contributed by atoms with E-state index in [0.29, 0.717) is 5.92 Å². The maximum atomic E-state index is 2.74. The van der Waals surface area contributed by atoms with Gasteiger partial charge in [0.1, 0.15) is 0 Å². The largest absolute Gasteiger partial charge is 0.311 e. The quantitative estimate of drug-likeness (QED) is 0.161. The van der Waals surface area contributed by atoms with Gasteiger partial charge in [0, 0.05) is 45.5 Å². The lowest BCUT2D eigenvalue weighted by atomic mass is 9.33. The normalized spacial score (nSPS) is 18.8. The maximum Gasteiger partial charge on any atom is 0.252 e. The van der Waals surface area contributed by atoms with Gasteiger partial charge >= 0.3 is 0 Å². The first-order chi connectivity index (χ1) is 29.2. The number of rotatable bonds is 5. The summed E-state index contributed by atoms with van der Waals surface area (Å²) in [6.07, 6.45) is 10.3. The van der Waals surface area contributed by atoms with Gasteiger partial charge in [0.2, 0.25) is 0 Å². The second-order valence-corrected chi connectivity index (χ2v) is 20.9. The first-order valence-corrected chi connectivity index (χ1v) is 22.7. The van der Waals surface area contributed by atoms with Crippen molar-refractivity contribution in [2.75, 3.05) is 14.7 Å². The molecule has 304 valence electrons. The highest BCUT2D eigenvalue weighted by atomic mass is 15.2. The number of hydrogen-bond acceptors (Lipinski definition) is 3. The van der Waals surface area contributed by atoms with Crippen LogP contribution >= 0.6 is 0 Å². The number of fused-ring (bicyclic) bond motifs is 7. The molecule has 2 heterocycles. The van der Waals surface area contributed by atoms with E-state index in [0.717, 1.165) is 49.2 Å². The third-order valence-corrected chi connectivity index (χ3v) is 14.5. The van der Waals surface area contributed by atoms with Gasteiger partial charge in [-0.2, -0.15) is 0 Å². The zero-order valence-corrected chi connectivity index (χ0v) is 37.6. The van der Waals surface area contributed by atoms with E-state index in [-0.39, 0.29) is 17.5 Å². The Bertz CT molecular complexity index is 2810. The molecule has 61 heavy (non-hydrogen) atoms. The average Bonchev–Trinajstić information content (AvgIpc) is 3.71. The van der Waals surface area contributed by atoms with Crippen LogP contribution in [-0.2, 0) is 25.7 Å². The van der Waals surface area contributed by atoms with Crippen molar-refractivity contribution < 1.29 is 0 Å². The zero-order chi connectivity index (χ0) is 42.1. The lowest BCUT2D eigenvalue weighted by Crippen LogP contribution is -2.62. The molecule has 3 nitrogen and oxygen atoms in total. The Morgan fingerprint density at radius 1 is 0.574 bits per heavy atom. The SMILES string of the molecule is CC1=C(N2c3cc(N(c4ccc(C)cc4)c4ccc(C)cc4)cc4c3B(c3cc5c(cc3N4c3ccccc3C)CC(C)(C)C5)c3ccc4c(c32)CC(C)(C)C4)C=CC(C)C1. The van der Waals surface area contributed by atoms with Crippen molar-refractivity contribution in [3.05, 3.63) is 172 Å². The second kappa shape index (κ2) is 13.6. The molecule has 6 aromatic rings. The monoisotopic (exact) mass is 795 g/mol. The number of anilines is 8. The number of benzene rings is 6. The fourth-order valence-electron chi connectivity index (χ4n) is 11.8. The van der Waals surface area contributed by atoms with Gasteiger partial charge in [0.25, 0.3) is 6.71 Å². The minimum absolute atomic E-state index is 0.0863. The van der Waals surface area contributed by atoms with Crippen molar-refractivity contribution in [1.82, 2.24) is 0 Å². The second-order valence-electron chi connectivity index (χ2n) is 20.9. The number of hydrogen-bond donors (Lipinski definition) is 0. The van der Waals surface area contributed by atoms with Gasteiger partial charge in [-0.3, -0.25) is 0 Å². The Kier molecular flexibility index (Phi) is 8.54. The van der Waals surface area contributed by atoms with Crippen molar-refractivity contribution in [1.29, 1.82) is 0 Å². The van der Waals surface area contributed by atoms with Crippen LogP contribution in [0.5, 0.6) is 0 Å². The highest BCUT2D eigenvalue weighted by molar-refractivity contribution is 7.00. The van der Waals surface area contributed by atoms with Gasteiger partial charge in [-0.25, -0.2) is 0 Å². The Hall–Kier alpha value is -5.74. The Labute approximate surface area is 364 Å². The van der Waals surface area contributed by atoms with Crippen LogP contribution in [0.3, 0.4) is 0 Å². The van der Waals surface area contributed by atoms with Crippen molar-refractivity contribution in [3.63, 3.8) is 0 Å². The van der Waals surface area contributed by atoms with E-state index in [9.17, 15) is 0 Å². The molecule has 11 rings (SSSR count). The molecule has 6 aromatic carbocycles. The smallest absolute Gasteiger partial charge is 0.252 e. The minimum atomic E-state index is 0.0863. The van der Waals surface area contributed by atoms with Gasteiger partial charge in [-0.15, -0.1) is 0 Å². The molecule has 0 amide bonds. The lowest BCUT2D eigenvalue weighted by molar-refractivity contribution is 0.392. The summed E-state index contributed by atoms with van der Waals surface area (Å²) in [5.74, 6) is 0.509. The van der Waals surface area contributed by atoms with Crippen LogP contribution in [0.25, 0.3) is 0 Å². The van der Waals surface area contributed by atoms with Gasteiger partial charge in [0.05, 0.1) is 5.69 Å². The molecule has 1 unspecified atom stereocenters. The molecule has 3 aliphatic carbocycles. The highest BCUT2D eigenvalue weighted by Crippen LogP contribution is 2.52. The van der Waals surface area contributed by atoms with E-state index in [1.165, 1.54) is 95.0 Å². The Morgan fingerprint density at radius 2 is 1.18 bits per heavy atom. The molecule has 5 aliphatic rings. The van der Waals surface area contributed by atoms with E-state index in [1.807, 2.05) is 0 Å². The van der Waals surface area contributed by atoms with Crippen LogP contribution in [0, 0.1) is 37.5 Å². The first-order valence-electron chi connectivity index (χ1n) is 22.7. The molecule has 0 saturated heterocycles. The molecule has 1 atom stereocenters. The van der Waals surface area contributed by atoms with E-state index in [1.54, 1.807) is 0 Å². The van der Waals surface area contributed by atoms with E-state index < -0.39 is 0 Å². The third kappa shape index (κ3) is 6.15. The molecule has 0 bridgehead atoms. The lowest BCUT2D eigenvalue weighted by Gasteiger charge is -2.47. The Balaban J connectivity index is 1.29. The number of para-hydroxylation sites is 1. The predicted molar refractivity (Wildman–Crippen MR) is 261 cm³/mol. The van der Waals surface area contributed by atoms with Crippen LogP contribution in [-0.4, -0.2) is 6.71 Å². The number of nitrogens with zero attached hydrogens (tertiary/aromatic N) is 3. The maximum absolute atomic E-state index is 2.74. The Morgan fingerprint density at radius 3 is 1.84 bits per heavy atom. The fourth-order valence-corrected chi connectivity index (χ4v) is 11.8. The topological polar surface area (TPSA) is 9.72 Å². The number of aryl methyl sites for hydroxylation is 3. The summed E-state index contributed by atoms with van der Waals surface area (Å²) < 4.78 is 0. The molecule has 0 spiro atoms. The highest BCUT2D eigenvalue weighted by Gasteiger charge is 2.48. The summed E-state index contributed by atoms with van der Waals surface area (Å²) in [6.45, 7) is 21.3. The van der Waals surface area contributed by atoms with E-state index >= 15 is 0 Å². The summed E-state index contributed by atoms with van der Waals surface area (Å²) >= 11 is 0. The molecule has 0 fully saturated rings. The van der Waals surface area contributed by atoms with Gasteiger partial charge in [-0.05, 0) is 181 Å². The fraction of sp³-hybridized carbons (Fsp3) is 0.298. The molecule has 0 N–H and O–H groups in total. The molecule has 2 aliphatic heterocycles. The third-order valence-electron chi connectivity index (χ3n) is 14.5. The average molecular weight is 796 g/mol. The minimum Gasteiger partial charge on any atom is -0.311 e. The predicted octanol–water partition coefficient (Wildman–Crippen LogP) is 13.0. The van der Waals surface area contributed by atoms with Crippen molar-refractivity contribution in [2.24, 2.45) is 16.7 Å². The molecule has 0 aromatic heterocycles. The van der Waals surface area contributed by atoms with Crippen molar-refractivity contribution in [3.8, 4) is 0 Å². The summed E-state index contributed by atoms with van der Waals surface area (Å²) in [5, 5.41) is 0. The summed E-state index contributed by atoms with van der Waals surface area (Å²) in [5.41, 5.74) is 27.4. The van der Waals surface area contributed by atoms with E-state index in [4.69, 9.17) is 0 Å². The number of allylic oxidation sites excluding steroid dienone is 3. The zero-order valence-electron chi connectivity index (χ0n) is 37.6. The summed E-state index contributed by atoms with van der Waals surface area (Å²) in [6, 6.07) is 42.6. The van der Waals surface area contributed by atoms with Crippen molar-refractivity contribution in [2.45, 2.75) is 94.4 Å². The molecular formula is C57H58BN3. The molecule has 0 radical (unpaired) electrons. The van der Waals surface area contributed by atoms with Gasteiger partial charge in [0.15, 0.2) is 0 Å². The van der Waals surface area contributed by atoms with Crippen molar-refractivity contribution >= 4 is 68.6 Å². The molecule has 0 saturated carbocycles. The molecular weight excluding hydrogens is 737 g/mol. The van der Waals surface area contributed by atoms with Crippen LogP contribution in [0.15, 0.2) is 133 Å². The van der Waals surface area contributed by atoms with Gasteiger partial charge < -0.3 is 14.7 Å². The van der Waals surface area contributed by atoms with Crippen LogP contribution in [0.1, 0.15) is 86.9 Å². The first kappa shape index (κ1) is 38.2. The molecule has 4 heteroatoms. The van der Waals surface area contributed by atoms with Gasteiger partial charge in [-0.1, -0.05) is 112 Å².